The highest BCUT2D eigenvalue weighted by atomic mass is 19.1. The molecule has 0 saturated carbocycles. The van der Waals surface area contributed by atoms with E-state index in [1.807, 2.05) is 0 Å². The molecule has 5 heteroatoms. The molecular weight excluding hydrogens is 211 g/mol. The van der Waals surface area contributed by atoms with Gasteiger partial charge in [-0.25, -0.2) is 4.39 Å². The third-order valence-electron chi connectivity index (χ3n) is 2.19. The molecule has 0 aliphatic heterocycles. The van der Waals surface area contributed by atoms with Crippen LogP contribution in [-0.2, 0) is 6.54 Å². The zero-order valence-electron chi connectivity index (χ0n) is 9.20. The van der Waals surface area contributed by atoms with Crippen molar-refractivity contribution >= 4 is 5.69 Å². The molecule has 1 rings (SSSR count). The van der Waals surface area contributed by atoms with Crippen molar-refractivity contribution in [2.75, 3.05) is 6.54 Å². The van der Waals surface area contributed by atoms with E-state index in [0.29, 0.717) is 12.1 Å². The Labute approximate surface area is 93.6 Å². The quantitative estimate of drug-likeness (QED) is 0.461. The predicted molar refractivity (Wildman–Crippen MR) is 59.7 cm³/mol. The van der Waals surface area contributed by atoms with E-state index in [-0.39, 0.29) is 5.69 Å². The smallest absolute Gasteiger partial charge is 0.272 e. The van der Waals surface area contributed by atoms with E-state index in [2.05, 4.69) is 12.2 Å². The molecule has 0 aromatic heterocycles. The van der Waals surface area contributed by atoms with Crippen LogP contribution in [0.3, 0.4) is 0 Å². The molecule has 4 nitrogen and oxygen atoms in total. The summed E-state index contributed by atoms with van der Waals surface area (Å²) >= 11 is 0. The van der Waals surface area contributed by atoms with Gasteiger partial charge in [-0.15, -0.1) is 0 Å². The average molecular weight is 226 g/mol. The highest BCUT2D eigenvalue weighted by Crippen LogP contribution is 2.16. The Morgan fingerprint density at radius 3 is 2.81 bits per heavy atom. The number of nitrogens with one attached hydrogen (secondary N) is 1. The molecule has 0 atom stereocenters. The van der Waals surface area contributed by atoms with Crippen molar-refractivity contribution in [3.63, 3.8) is 0 Å². The number of hydrogen-bond donors (Lipinski definition) is 1. The maximum Gasteiger partial charge on any atom is 0.272 e. The molecule has 0 aliphatic rings. The summed E-state index contributed by atoms with van der Waals surface area (Å²) in [6, 6.07) is 3.63. The zero-order valence-corrected chi connectivity index (χ0v) is 9.20. The Balaban J connectivity index is 2.62. The van der Waals surface area contributed by atoms with Gasteiger partial charge in [0.1, 0.15) is 5.82 Å². The molecule has 0 aliphatic carbocycles. The molecule has 88 valence electrons. The van der Waals surface area contributed by atoms with Gasteiger partial charge in [0.25, 0.3) is 5.69 Å². The Bertz CT molecular complexity index is 369. The molecule has 1 aromatic carbocycles. The van der Waals surface area contributed by atoms with Gasteiger partial charge in [0.15, 0.2) is 0 Å². The number of non-ortho nitro benzene ring substituents is 1. The van der Waals surface area contributed by atoms with Crippen LogP contribution < -0.4 is 5.32 Å². The lowest BCUT2D eigenvalue weighted by atomic mass is 10.2. The van der Waals surface area contributed by atoms with Crippen molar-refractivity contribution in [2.24, 2.45) is 0 Å². The first kappa shape index (κ1) is 12.6. The van der Waals surface area contributed by atoms with Crippen molar-refractivity contribution in [3.8, 4) is 0 Å². The Hall–Kier alpha value is -1.49. The van der Waals surface area contributed by atoms with Crippen LogP contribution in [-0.4, -0.2) is 11.5 Å². The molecule has 0 fully saturated rings. The number of unbranched alkanes of at least 4 members (excludes halogenated alkanes) is 1. The monoisotopic (exact) mass is 226 g/mol. The lowest BCUT2D eigenvalue weighted by molar-refractivity contribution is -0.385. The van der Waals surface area contributed by atoms with Crippen LogP contribution in [0.5, 0.6) is 0 Å². The van der Waals surface area contributed by atoms with Crippen LogP contribution in [0.4, 0.5) is 10.1 Å². The van der Waals surface area contributed by atoms with E-state index in [4.69, 9.17) is 0 Å². The SMILES string of the molecule is CCCCNCc1cc(F)cc([N+](=O)[O-])c1. The largest absolute Gasteiger partial charge is 0.313 e. The van der Waals surface area contributed by atoms with Gasteiger partial charge >= 0.3 is 0 Å². The highest BCUT2D eigenvalue weighted by molar-refractivity contribution is 5.35. The Morgan fingerprint density at radius 1 is 1.44 bits per heavy atom. The van der Waals surface area contributed by atoms with Crippen LogP contribution in [0, 0.1) is 15.9 Å². The minimum Gasteiger partial charge on any atom is -0.313 e. The summed E-state index contributed by atoms with van der Waals surface area (Å²) in [6.45, 7) is 3.37. The number of nitrogens with zero attached hydrogens (tertiary/aromatic N) is 1. The fourth-order valence-electron chi connectivity index (χ4n) is 1.38. The maximum atomic E-state index is 13.0. The van der Waals surface area contributed by atoms with Crippen LogP contribution in [0.25, 0.3) is 0 Å². The molecule has 0 amide bonds. The molecule has 0 unspecified atom stereocenters. The summed E-state index contributed by atoms with van der Waals surface area (Å²) < 4.78 is 13.0. The van der Waals surface area contributed by atoms with Gasteiger partial charge in [-0.3, -0.25) is 10.1 Å². The van der Waals surface area contributed by atoms with Crippen LogP contribution in [0.2, 0.25) is 0 Å². The fourth-order valence-corrected chi connectivity index (χ4v) is 1.38. The van der Waals surface area contributed by atoms with Gasteiger partial charge in [0.05, 0.1) is 11.0 Å². The minimum atomic E-state index is -0.585. The third kappa shape index (κ3) is 3.94. The van der Waals surface area contributed by atoms with E-state index in [0.717, 1.165) is 25.5 Å². The van der Waals surface area contributed by atoms with Gasteiger partial charge in [-0.1, -0.05) is 13.3 Å². The number of halogens is 1. The maximum absolute atomic E-state index is 13.0. The molecule has 0 heterocycles. The lowest BCUT2D eigenvalue weighted by Gasteiger charge is -2.04. The molecule has 1 N–H and O–H groups in total. The second-order valence-corrected chi connectivity index (χ2v) is 3.61. The van der Waals surface area contributed by atoms with Crippen molar-refractivity contribution in [2.45, 2.75) is 26.3 Å². The summed E-state index contributed by atoms with van der Waals surface area (Å²) in [5.41, 5.74) is 0.398. The number of benzene rings is 1. The summed E-state index contributed by atoms with van der Waals surface area (Å²) in [7, 11) is 0. The lowest BCUT2D eigenvalue weighted by Crippen LogP contribution is -2.14. The molecule has 16 heavy (non-hydrogen) atoms. The van der Waals surface area contributed by atoms with E-state index >= 15 is 0 Å². The number of nitro benzene ring substituents is 1. The van der Waals surface area contributed by atoms with Gasteiger partial charge < -0.3 is 5.32 Å². The van der Waals surface area contributed by atoms with Gasteiger partial charge in [-0.2, -0.15) is 0 Å². The molecule has 0 bridgehead atoms. The van der Waals surface area contributed by atoms with Gasteiger partial charge in [0.2, 0.25) is 0 Å². The van der Waals surface area contributed by atoms with Crippen LogP contribution in [0.15, 0.2) is 18.2 Å². The Kier molecular flexibility index (Phi) is 4.85. The standard InChI is InChI=1S/C11H15FN2O2/c1-2-3-4-13-8-9-5-10(12)7-11(6-9)14(15)16/h5-7,13H,2-4,8H2,1H3. The van der Waals surface area contributed by atoms with Crippen molar-refractivity contribution < 1.29 is 9.31 Å². The van der Waals surface area contributed by atoms with Crippen molar-refractivity contribution in [1.29, 1.82) is 0 Å². The summed E-state index contributed by atoms with van der Waals surface area (Å²) in [6.07, 6.45) is 2.12. The van der Waals surface area contributed by atoms with Crippen LogP contribution in [0.1, 0.15) is 25.3 Å². The number of hydrogen-bond acceptors (Lipinski definition) is 3. The molecule has 0 radical (unpaired) electrons. The first-order chi connectivity index (χ1) is 7.63. The second kappa shape index (κ2) is 6.17. The highest BCUT2D eigenvalue weighted by Gasteiger charge is 2.09. The topological polar surface area (TPSA) is 55.2 Å². The predicted octanol–water partition coefficient (Wildman–Crippen LogP) is 2.62. The minimum absolute atomic E-state index is 0.202. The van der Waals surface area contributed by atoms with Gasteiger partial charge in [0, 0.05) is 12.6 Å². The number of rotatable bonds is 6. The summed E-state index contributed by atoms with van der Waals surface area (Å²) in [5, 5.41) is 13.6. The van der Waals surface area contributed by atoms with E-state index < -0.39 is 10.7 Å². The molecule has 0 spiro atoms. The average Bonchev–Trinajstić information content (AvgIpc) is 2.23. The normalized spacial score (nSPS) is 10.4. The first-order valence-corrected chi connectivity index (χ1v) is 5.28. The second-order valence-electron chi connectivity index (χ2n) is 3.61. The number of nitro groups is 1. The third-order valence-corrected chi connectivity index (χ3v) is 2.19. The Morgan fingerprint density at radius 2 is 2.19 bits per heavy atom. The molecular formula is C11H15FN2O2. The fraction of sp³-hybridized carbons (Fsp3) is 0.455. The summed E-state index contributed by atoms with van der Waals surface area (Å²) in [5.74, 6) is -0.568. The molecule has 0 saturated heterocycles. The van der Waals surface area contributed by atoms with Crippen molar-refractivity contribution in [3.05, 3.63) is 39.7 Å². The van der Waals surface area contributed by atoms with Gasteiger partial charge in [-0.05, 0) is 24.6 Å². The van der Waals surface area contributed by atoms with E-state index in [1.54, 1.807) is 0 Å². The summed E-state index contributed by atoms with van der Waals surface area (Å²) in [4.78, 5) is 9.92. The van der Waals surface area contributed by atoms with E-state index in [9.17, 15) is 14.5 Å². The zero-order chi connectivity index (χ0) is 12.0. The van der Waals surface area contributed by atoms with Crippen LogP contribution >= 0.6 is 0 Å². The first-order valence-electron chi connectivity index (χ1n) is 5.28. The van der Waals surface area contributed by atoms with Crippen molar-refractivity contribution in [1.82, 2.24) is 5.32 Å². The molecule has 1 aromatic rings. The van der Waals surface area contributed by atoms with E-state index in [1.165, 1.54) is 12.1 Å².